The minimum Gasteiger partial charge on any atom is -0.324 e. The molecule has 2 atom stereocenters. The molecule has 3 heteroatoms. The molecule has 3 nitrogen and oxygen atoms in total. The molecule has 1 saturated heterocycles. The van der Waals surface area contributed by atoms with Gasteiger partial charge in [0.15, 0.2) is 0 Å². The summed E-state index contributed by atoms with van der Waals surface area (Å²) in [5.74, 6) is 1.48. The molecule has 1 N–H and O–H groups in total. The molecule has 0 spiro atoms. The maximum absolute atomic E-state index is 12.5. The number of nitrogens with zero attached hydrogens (tertiary/aromatic N) is 1. The highest BCUT2D eigenvalue weighted by atomic mass is 16.2. The number of hydrogen-bond acceptors (Lipinski definition) is 1. The largest absolute Gasteiger partial charge is 0.324 e. The minimum atomic E-state index is 0.0675. The van der Waals surface area contributed by atoms with E-state index in [9.17, 15) is 4.79 Å². The first-order valence-electron chi connectivity index (χ1n) is 8.60. The first-order valence-corrected chi connectivity index (χ1v) is 8.60. The quantitative estimate of drug-likeness (QED) is 0.805. The molecule has 2 aliphatic rings. The van der Waals surface area contributed by atoms with Crippen LogP contribution in [0.3, 0.4) is 0 Å². The molecule has 1 aliphatic carbocycles. The van der Waals surface area contributed by atoms with Crippen molar-refractivity contribution in [1.82, 2.24) is 4.90 Å². The van der Waals surface area contributed by atoms with Gasteiger partial charge in [-0.15, -0.1) is 0 Å². The van der Waals surface area contributed by atoms with E-state index in [0.29, 0.717) is 0 Å². The Labute approximate surface area is 134 Å². The van der Waals surface area contributed by atoms with Crippen molar-refractivity contribution >= 4 is 11.7 Å². The fraction of sp³-hybridized carbons (Fsp3) is 0.632. The van der Waals surface area contributed by atoms with Crippen LogP contribution in [0.5, 0.6) is 0 Å². The van der Waals surface area contributed by atoms with Gasteiger partial charge in [0.1, 0.15) is 0 Å². The number of carbonyl (C=O) groups excluding carboxylic acids is 1. The van der Waals surface area contributed by atoms with Crippen LogP contribution in [-0.2, 0) is 5.41 Å². The van der Waals surface area contributed by atoms with Gasteiger partial charge in [-0.25, -0.2) is 4.79 Å². The number of nitrogens with one attached hydrogen (secondary N) is 1. The van der Waals surface area contributed by atoms with E-state index in [-0.39, 0.29) is 11.4 Å². The van der Waals surface area contributed by atoms with Crippen LogP contribution in [0.1, 0.15) is 52.0 Å². The van der Waals surface area contributed by atoms with Crippen LogP contribution in [-0.4, -0.2) is 24.0 Å². The van der Waals surface area contributed by atoms with Crippen LogP contribution < -0.4 is 5.32 Å². The lowest BCUT2D eigenvalue weighted by atomic mass is 9.82. The van der Waals surface area contributed by atoms with Crippen LogP contribution in [0.2, 0.25) is 0 Å². The van der Waals surface area contributed by atoms with Gasteiger partial charge in [-0.2, -0.15) is 0 Å². The Balaban J connectivity index is 1.60. The van der Waals surface area contributed by atoms with Crippen molar-refractivity contribution in [2.24, 2.45) is 11.8 Å². The highest BCUT2D eigenvalue weighted by Gasteiger charge is 2.36. The Kier molecular flexibility index (Phi) is 4.16. The summed E-state index contributed by atoms with van der Waals surface area (Å²) >= 11 is 0. The fourth-order valence-electron chi connectivity index (χ4n) is 3.83. The predicted molar refractivity (Wildman–Crippen MR) is 91.2 cm³/mol. The molecule has 0 aromatic heterocycles. The van der Waals surface area contributed by atoms with Gasteiger partial charge in [0.25, 0.3) is 0 Å². The molecular formula is C19H28N2O. The zero-order valence-electron chi connectivity index (χ0n) is 14.1. The molecule has 1 aromatic carbocycles. The predicted octanol–water partition coefficient (Wildman–Crippen LogP) is 4.64. The van der Waals surface area contributed by atoms with Crippen LogP contribution in [0.15, 0.2) is 24.3 Å². The molecule has 1 aliphatic heterocycles. The number of urea groups is 1. The molecule has 2 unspecified atom stereocenters. The van der Waals surface area contributed by atoms with Gasteiger partial charge < -0.3 is 10.2 Å². The van der Waals surface area contributed by atoms with Crippen molar-refractivity contribution in [2.75, 3.05) is 18.4 Å². The van der Waals surface area contributed by atoms with Gasteiger partial charge in [0, 0.05) is 18.8 Å². The van der Waals surface area contributed by atoms with Gasteiger partial charge in [0.2, 0.25) is 0 Å². The Morgan fingerprint density at radius 1 is 1.05 bits per heavy atom. The maximum atomic E-state index is 12.5. The molecule has 0 radical (unpaired) electrons. The second kappa shape index (κ2) is 5.94. The van der Waals surface area contributed by atoms with Crippen molar-refractivity contribution in [3.05, 3.63) is 29.8 Å². The number of benzene rings is 1. The average Bonchev–Trinajstić information content (AvgIpc) is 2.91. The van der Waals surface area contributed by atoms with E-state index < -0.39 is 0 Å². The van der Waals surface area contributed by atoms with E-state index in [4.69, 9.17) is 0 Å². The normalized spacial score (nSPS) is 25.0. The van der Waals surface area contributed by atoms with E-state index >= 15 is 0 Å². The maximum Gasteiger partial charge on any atom is 0.321 e. The van der Waals surface area contributed by atoms with Crippen molar-refractivity contribution < 1.29 is 4.79 Å². The van der Waals surface area contributed by atoms with Gasteiger partial charge >= 0.3 is 6.03 Å². The second-order valence-electron chi connectivity index (χ2n) is 7.97. The lowest BCUT2D eigenvalue weighted by molar-refractivity contribution is 0.220. The van der Waals surface area contributed by atoms with Crippen molar-refractivity contribution in [1.29, 1.82) is 0 Å². The van der Waals surface area contributed by atoms with E-state index in [1.807, 2.05) is 17.0 Å². The molecule has 2 fully saturated rings. The van der Waals surface area contributed by atoms with E-state index in [2.05, 4.69) is 38.2 Å². The Hall–Kier alpha value is -1.51. The third kappa shape index (κ3) is 3.29. The van der Waals surface area contributed by atoms with Crippen LogP contribution in [0.4, 0.5) is 10.5 Å². The summed E-state index contributed by atoms with van der Waals surface area (Å²) in [7, 11) is 0. The number of amides is 2. The first kappa shape index (κ1) is 15.4. The topological polar surface area (TPSA) is 32.3 Å². The molecule has 1 saturated carbocycles. The highest BCUT2D eigenvalue weighted by molar-refractivity contribution is 5.89. The minimum absolute atomic E-state index is 0.0675. The van der Waals surface area contributed by atoms with E-state index in [0.717, 1.165) is 30.6 Å². The molecular weight excluding hydrogens is 272 g/mol. The zero-order valence-corrected chi connectivity index (χ0v) is 14.1. The summed E-state index contributed by atoms with van der Waals surface area (Å²) in [4.78, 5) is 14.5. The number of carbonyl (C=O) groups is 1. The average molecular weight is 300 g/mol. The second-order valence-corrected chi connectivity index (χ2v) is 7.97. The summed E-state index contributed by atoms with van der Waals surface area (Å²) in [6.07, 6.45) is 5.28. The molecule has 1 aromatic rings. The third-order valence-corrected chi connectivity index (χ3v) is 5.27. The van der Waals surface area contributed by atoms with Crippen LogP contribution in [0, 0.1) is 11.8 Å². The van der Waals surface area contributed by atoms with E-state index in [1.165, 1.54) is 31.2 Å². The van der Waals surface area contributed by atoms with Crippen LogP contribution in [0.25, 0.3) is 0 Å². The molecule has 2 amide bonds. The Morgan fingerprint density at radius 3 is 2.09 bits per heavy atom. The standard InChI is InChI=1S/C19H28N2O/c1-19(2,3)16-8-10-17(11-9-16)20-18(22)21-12-14-6-4-5-7-15(14)13-21/h8-11,14-15H,4-7,12-13H2,1-3H3,(H,20,22). The molecule has 3 rings (SSSR count). The lowest BCUT2D eigenvalue weighted by Gasteiger charge is -2.22. The summed E-state index contributed by atoms with van der Waals surface area (Å²) in [6.45, 7) is 8.48. The summed E-state index contributed by atoms with van der Waals surface area (Å²) < 4.78 is 0. The van der Waals surface area contributed by atoms with E-state index in [1.54, 1.807) is 0 Å². The van der Waals surface area contributed by atoms with Crippen molar-refractivity contribution in [3.8, 4) is 0 Å². The number of fused-ring (bicyclic) bond motifs is 1. The van der Waals surface area contributed by atoms with Gasteiger partial charge in [-0.05, 0) is 47.8 Å². The smallest absolute Gasteiger partial charge is 0.321 e. The number of likely N-dealkylation sites (tertiary alicyclic amines) is 1. The van der Waals surface area contributed by atoms with Crippen molar-refractivity contribution in [3.63, 3.8) is 0 Å². The number of hydrogen-bond donors (Lipinski definition) is 1. The summed E-state index contributed by atoms with van der Waals surface area (Å²) in [5, 5.41) is 3.06. The van der Waals surface area contributed by atoms with Gasteiger partial charge in [-0.1, -0.05) is 45.7 Å². The lowest BCUT2D eigenvalue weighted by Crippen LogP contribution is -2.33. The molecule has 22 heavy (non-hydrogen) atoms. The highest BCUT2D eigenvalue weighted by Crippen LogP contribution is 2.36. The number of rotatable bonds is 1. The SMILES string of the molecule is CC(C)(C)c1ccc(NC(=O)N2CC3CCCCC3C2)cc1. The van der Waals surface area contributed by atoms with Crippen LogP contribution >= 0.6 is 0 Å². The van der Waals surface area contributed by atoms with Crippen molar-refractivity contribution in [2.45, 2.75) is 51.9 Å². The van der Waals surface area contributed by atoms with Gasteiger partial charge in [0.05, 0.1) is 0 Å². The zero-order chi connectivity index (χ0) is 15.7. The fourth-order valence-corrected chi connectivity index (χ4v) is 3.83. The Morgan fingerprint density at radius 2 is 1.59 bits per heavy atom. The Bertz CT molecular complexity index is 515. The third-order valence-electron chi connectivity index (χ3n) is 5.27. The summed E-state index contributed by atoms with van der Waals surface area (Å²) in [6, 6.07) is 8.32. The number of anilines is 1. The van der Waals surface area contributed by atoms with Gasteiger partial charge in [-0.3, -0.25) is 0 Å². The first-order chi connectivity index (χ1) is 10.4. The molecule has 1 heterocycles. The molecule has 0 bridgehead atoms. The monoisotopic (exact) mass is 300 g/mol. The molecule has 120 valence electrons. The summed E-state index contributed by atoms with van der Waals surface area (Å²) in [5.41, 5.74) is 2.33.